The molecule has 2 aromatic rings. The van der Waals surface area contributed by atoms with Gasteiger partial charge in [-0.3, -0.25) is 24.8 Å². The van der Waals surface area contributed by atoms with Gasteiger partial charge in [-0.1, -0.05) is 6.07 Å². The summed E-state index contributed by atoms with van der Waals surface area (Å²) >= 11 is 0. The second-order valence-electron chi connectivity index (χ2n) is 9.40. The highest BCUT2D eigenvalue weighted by Gasteiger charge is 2.36. The third-order valence-corrected chi connectivity index (χ3v) is 5.92. The minimum atomic E-state index is -1.13. The number of amides is 3. The van der Waals surface area contributed by atoms with E-state index in [0.29, 0.717) is 28.2 Å². The molecule has 1 aromatic carbocycles. The van der Waals surface area contributed by atoms with Crippen LogP contribution in [0, 0.1) is 5.92 Å². The number of Topliss-reactive ketones (excluding diaryl/α,β-unsaturated/α-hetero) is 1. The fraction of sp³-hybridized carbons (Fsp3) is 0.400. The van der Waals surface area contributed by atoms with E-state index >= 15 is 0 Å². The van der Waals surface area contributed by atoms with Gasteiger partial charge in [0, 0.05) is 29.4 Å². The van der Waals surface area contributed by atoms with E-state index in [2.05, 4.69) is 20.4 Å². The number of ether oxygens (including phenoxy) is 1. The maximum Gasteiger partial charge on any atom is 0.411 e. The first-order valence-electron chi connectivity index (χ1n) is 11.2. The Balaban J connectivity index is 2.20. The number of fused-ring (bicyclic) bond motifs is 4. The molecule has 10 heteroatoms. The Morgan fingerprint density at radius 2 is 1.91 bits per heavy atom. The van der Waals surface area contributed by atoms with Crippen LogP contribution < -0.4 is 10.6 Å². The van der Waals surface area contributed by atoms with Crippen molar-refractivity contribution in [3.05, 3.63) is 42.2 Å². The second-order valence-corrected chi connectivity index (χ2v) is 9.40. The summed E-state index contributed by atoms with van der Waals surface area (Å²) in [7, 11) is 1.24. The van der Waals surface area contributed by atoms with Gasteiger partial charge >= 0.3 is 12.2 Å². The molecular weight excluding hydrogens is 452 g/mol. The van der Waals surface area contributed by atoms with Gasteiger partial charge in [0.05, 0.1) is 30.5 Å². The highest BCUT2D eigenvalue weighted by atomic mass is 16.5. The highest BCUT2D eigenvalue weighted by Crippen LogP contribution is 2.36. The van der Waals surface area contributed by atoms with Crippen LogP contribution in [0.2, 0.25) is 0 Å². The minimum Gasteiger partial charge on any atom is -0.465 e. The van der Waals surface area contributed by atoms with Crippen LogP contribution in [0.4, 0.5) is 21.0 Å². The van der Waals surface area contributed by atoms with Crippen molar-refractivity contribution in [3.63, 3.8) is 0 Å². The van der Waals surface area contributed by atoms with Crippen LogP contribution in [0.15, 0.2) is 36.5 Å². The van der Waals surface area contributed by atoms with Gasteiger partial charge in [-0.25, -0.2) is 9.59 Å². The van der Waals surface area contributed by atoms with Crippen molar-refractivity contribution < 1.29 is 29.0 Å². The number of nitrogens with zero attached hydrogens (tertiary/aromatic N) is 2. The molecule has 0 saturated heterocycles. The molecule has 1 aliphatic rings. The number of aromatic nitrogens is 1. The molecule has 1 aliphatic heterocycles. The number of benzene rings is 1. The molecule has 0 aliphatic carbocycles. The van der Waals surface area contributed by atoms with Crippen LogP contribution in [-0.2, 0) is 14.3 Å². The second kappa shape index (κ2) is 10.1. The van der Waals surface area contributed by atoms with Gasteiger partial charge in [0.1, 0.15) is 5.78 Å². The third-order valence-electron chi connectivity index (χ3n) is 5.92. The Bertz CT molecular complexity index is 1160. The number of carboxylic acid groups (broad SMARTS) is 1. The molecule has 0 unspecified atom stereocenters. The lowest BCUT2D eigenvalue weighted by atomic mass is 9.92. The zero-order chi connectivity index (χ0) is 25.9. The van der Waals surface area contributed by atoms with E-state index in [1.807, 2.05) is 0 Å². The van der Waals surface area contributed by atoms with Crippen molar-refractivity contribution in [1.29, 1.82) is 0 Å². The Morgan fingerprint density at radius 3 is 2.54 bits per heavy atom. The average Bonchev–Trinajstić information content (AvgIpc) is 2.79. The number of nitrogens with one attached hydrogen (secondary N) is 2. The topological polar surface area (TPSA) is 138 Å². The molecule has 186 valence electrons. The van der Waals surface area contributed by atoms with Crippen molar-refractivity contribution in [2.45, 2.75) is 52.1 Å². The number of anilines is 2. The average molecular weight is 483 g/mol. The predicted octanol–water partition coefficient (Wildman–Crippen LogP) is 4.68. The molecule has 3 rings (SSSR count). The maximum atomic E-state index is 12.9. The van der Waals surface area contributed by atoms with Crippen LogP contribution in [0.1, 0.15) is 52.3 Å². The first kappa shape index (κ1) is 25.7. The Kier molecular flexibility index (Phi) is 7.42. The normalized spacial score (nSPS) is 18.3. The van der Waals surface area contributed by atoms with Gasteiger partial charge in [0.25, 0.3) is 0 Å². The standard InChI is InChI=1S/C25H30N4O6/c1-14-21(30)9-8-20(29(24(33)34)25(2,3)4)19-12-15(10-11-26-19)17-7-6-16(27-23(32)35-5)13-18(17)28-22(14)31/h6-7,10-14,20H,8-9H2,1-5H3,(H,27,32)(H,28,31)(H,33,34)/t14-,20+/m1/s1. The smallest absolute Gasteiger partial charge is 0.411 e. The number of hydrogen-bond donors (Lipinski definition) is 3. The van der Waals surface area contributed by atoms with Crippen LogP contribution in [-0.4, -0.2) is 51.5 Å². The van der Waals surface area contributed by atoms with Crippen LogP contribution >= 0.6 is 0 Å². The Labute approximate surface area is 203 Å². The molecule has 2 atom stereocenters. The molecule has 0 spiro atoms. The largest absolute Gasteiger partial charge is 0.465 e. The van der Waals surface area contributed by atoms with E-state index in [4.69, 9.17) is 0 Å². The Hall–Kier alpha value is -3.95. The Morgan fingerprint density at radius 1 is 1.20 bits per heavy atom. The number of carbonyl (C=O) groups is 4. The molecule has 10 nitrogen and oxygen atoms in total. The summed E-state index contributed by atoms with van der Waals surface area (Å²) < 4.78 is 4.64. The van der Waals surface area contributed by atoms with Crippen molar-refractivity contribution in [1.82, 2.24) is 9.88 Å². The molecule has 35 heavy (non-hydrogen) atoms. The van der Waals surface area contributed by atoms with E-state index in [9.17, 15) is 24.3 Å². The monoisotopic (exact) mass is 482 g/mol. The molecule has 0 fully saturated rings. The zero-order valence-electron chi connectivity index (χ0n) is 20.4. The van der Waals surface area contributed by atoms with Gasteiger partial charge in [-0.2, -0.15) is 0 Å². The summed E-state index contributed by atoms with van der Waals surface area (Å²) in [6.45, 7) is 6.86. The number of carbonyl (C=O) groups excluding carboxylic acids is 3. The van der Waals surface area contributed by atoms with Gasteiger partial charge in [0.15, 0.2) is 0 Å². The number of methoxy groups -OCH3 is 1. The van der Waals surface area contributed by atoms with E-state index in [1.54, 1.807) is 57.3 Å². The summed E-state index contributed by atoms with van der Waals surface area (Å²) in [6, 6.07) is 7.75. The summed E-state index contributed by atoms with van der Waals surface area (Å²) in [5.41, 5.74) is 1.81. The van der Waals surface area contributed by atoms with Crippen molar-refractivity contribution in [2.24, 2.45) is 5.92 Å². The molecule has 0 saturated carbocycles. The van der Waals surface area contributed by atoms with E-state index in [-0.39, 0.29) is 18.6 Å². The molecule has 2 bridgehead atoms. The molecule has 0 radical (unpaired) electrons. The quantitative estimate of drug-likeness (QED) is 0.528. The lowest BCUT2D eigenvalue weighted by molar-refractivity contribution is -0.130. The number of ketones is 1. The summed E-state index contributed by atoms with van der Waals surface area (Å²) in [5, 5.41) is 15.4. The molecule has 1 aromatic heterocycles. The van der Waals surface area contributed by atoms with Gasteiger partial charge < -0.3 is 15.2 Å². The summed E-state index contributed by atoms with van der Waals surface area (Å²) in [4.78, 5) is 55.5. The molecule has 3 N–H and O–H groups in total. The van der Waals surface area contributed by atoms with Gasteiger partial charge in [0.2, 0.25) is 5.91 Å². The van der Waals surface area contributed by atoms with Crippen LogP contribution in [0.3, 0.4) is 0 Å². The van der Waals surface area contributed by atoms with Crippen LogP contribution in [0.5, 0.6) is 0 Å². The minimum absolute atomic E-state index is 0.00180. The zero-order valence-corrected chi connectivity index (χ0v) is 20.4. The SMILES string of the molecule is COC(=O)Nc1ccc2c(c1)NC(=O)[C@H](C)C(=O)CC[C@H](N(C(=O)O)C(C)(C)C)c1cc-2ccn1. The van der Waals surface area contributed by atoms with E-state index < -0.39 is 35.6 Å². The van der Waals surface area contributed by atoms with Crippen molar-refractivity contribution >= 4 is 35.3 Å². The number of hydrogen-bond acceptors (Lipinski definition) is 6. The van der Waals surface area contributed by atoms with Crippen molar-refractivity contribution in [3.8, 4) is 11.1 Å². The third kappa shape index (κ3) is 5.76. The van der Waals surface area contributed by atoms with Crippen LogP contribution in [0.25, 0.3) is 11.1 Å². The first-order chi connectivity index (χ1) is 16.4. The fourth-order valence-corrected chi connectivity index (χ4v) is 4.12. The molecule has 3 amide bonds. The van der Waals surface area contributed by atoms with E-state index in [1.165, 1.54) is 18.9 Å². The predicted molar refractivity (Wildman–Crippen MR) is 130 cm³/mol. The lowest BCUT2D eigenvalue weighted by Crippen LogP contribution is -2.47. The van der Waals surface area contributed by atoms with E-state index in [0.717, 1.165) is 0 Å². The van der Waals surface area contributed by atoms with Gasteiger partial charge in [-0.05, 0) is 63.9 Å². The van der Waals surface area contributed by atoms with Crippen molar-refractivity contribution in [2.75, 3.05) is 17.7 Å². The molecular formula is C25H30N4O6. The van der Waals surface area contributed by atoms with Gasteiger partial charge in [-0.15, -0.1) is 0 Å². The highest BCUT2D eigenvalue weighted by molar-refractivity contribution is 6.08. The fourth-order valence-electron chi connectivity index (χ4n) is 4.12. The summed E-state index contributed by atoms with van der Waals surface area (Å²) in [5.74, 6) is -1.77. The number of rotatable bonds is 2. The number of pyridine rings is 1. The lowest BCUT2D eigenvalue weighted by Gasteiger charge is -2.39. The summed E-state index contributed by atoms with van der Waals surface area (Å²) in [6.07, 6.45) is -0.0347. The first-order valence-corrected chi connectivity index (χ1v) is 11.2. The molecule has 2 heterocycles. The maximum absolute atomic E-state index is 12.9.